The van der Waals surface area contributed by atoms with Gasteiger partial charge in [-0.2, -0.15) is 8.42 Å². The van der Waals surface area contributed by atoms with Gasteiger partial charge in [0.15, 0.2) is 0 Å². The predicted molar refractivity (Wildman–Crippen MR) is 69.7 cm³/mol. The van der Waals surface area contributed by atoms with E-state index in [1.165, 1.54) is 19.2 Å². The lowest BCUT2D eigenvalue weighted by Crippen LogP contribution is -1.99. The van der Waals surface area contributed by atoms with Gasteiger partial charge in [-0.25, -0.2) is 0 Å². The quantitative estimate of drug-likeness (QED) is 0.867. The maximum atomic E-state index is 11.2. The van der Waals surface area contributed by atoms with Crippen molar-refractivity contribution < 1.29 is 17.7 Å². The third-order valence-corrected chi connectivity index (χ3v) is 3.71. The first-order valence-electron chi connectivity index (χ1n) is 5.54. The Morgan fingerprint density at radius 3 is 2.50 bits per heavy atom. The molecule has 4 nitrogen and oxygen atoms in total. The van der Waals surface area contributed by atoms with Crippen molar-refractivity contribution in [1.82, 2.24) is 0 Å². The molecule has 0 radical (unpaired) electrons. The standard InChI is InChI=1S/C13H14O4S/c1-3-9-4-5-12-10(6-9)7-11(18(14,15)16)8-13(12)17-2/h4-8H,3H2,1-2H3,(H,14,15,16). The van der Waals surface area contributed by atoms with Crippen LogP contribution in [0.15, 0.2) is 35.2 Å². The van der Waals surface area contributed by atoms with Gasteiger partial charge in [-0.05, 0) is 23.4 Å². The molecule has 5 heteroatoms. The lowest BCUT2D eigenvalue weighted by atomic mass is 10.0. The molecule has 0 fully saturated rings. The summed E-state index contributed by atoms with van der Waals surface area (Å²) >= 11 is 0. The highest BCUT2D eigenvalue weighted by Crippen LogP contribution is 2.30. The molecule has 0 spiro atoms. The summed E-state index contributed by atoms with van der Waals surface area (Å²) in [5, 5.41) is 1.56. The fraction of sp³-hybridized carbons (Fsp3) is 0.231. The molecule has 18 heavy (non-hydrogen) atoms. The summed E-state index contributed by atoms with van der Waals surface area (Å²) in [4.78, 5) is -0.153. The van der Waals surface area contributed by atoms with E-state index in [1.807, 2.05) is 25.1 Å². The molecule has 0 amide bonds. The van der Waals surface area contributed by atoms with Crippen LogP contribution in [0.4, 0.5) is 0 Å². The van der Waals surface area contributed by atoms with Gasteiger partial charge < -0.3 is 4.74 Å². The van der Waals surface area contributed by atoms with Gasteiger partial charge in [0, 0.05) is 11.5 Å². The molecule has 1 N–H and O–H groups in total. The van der Waals surface area contributed by atoms with Crippen LogP contribution in [-0.4, -0.2) is 20.1 Å². The third kappa shape index (κ3) is 2.32. The van der Waals surface area contributed by atoms with E-state index < -0.39 is 10.1 Å². The number of benzene rings is 2. The molecule has 2 aromatic rings. The van der Waals surface area contributed by atoms with E-state index in [2.05, 4.69) is 0 Å². The number of ether oxygens (including phenoxy) is 1. The molecule has 0 saturated carbocycles. The normalized spacial score (nSPS) is 11.7. The maximum absolute atomic E-state index is 11.2. The summed E-state index contributed by atoms with van der Waals surface area (Å²) in [6.45, 7) is 2.02. The zero-order chi connectivity index (χ0) is 13.3. The Bertz CT molecular complexity index is 689. The van der Waals surface area contributed by atoms with Crippen molar-refractivity contribution in [3.05, 3.63) is 35.9 Å². The van der Waals surface area contributed by atoms with E-state index in [0.717, 1.165) is 22.8 Å². The fourth-order valence-electron chi connectivity index (χ4n) is 1.90. The summed E-state index contributed by atoms with van der Waals surface area (Å²) in [5.74, 6) is 0.433. The summed E-state index contributed by atoms with van der Waals surface area (Å²) in [6.07, 6.45) is 0.856. The number of methoxy groups -OCH3 is 1. The van der Waals surface area contributed by atoms with Gasteiger partial charge in [-0.1, -0.05) is 25.1 Å². The van der Waals surface area contributed by atoms with Gasteiger partial charge in [0.25, 0.3) is 10.1 Å². The second kappa shape index (κ2) is 4.59. The number of rotatable bonds is 3. The van der Waals surface area contributed by atoms with Crippen molar-refractivity contribution in [2.75, 3.05) is 7.11 Å². The van der Waals surface area contributed by atoms with Gasteiger partial charge in [-0.15, -0.1) is 0 Å². The maximum Gasteiger partial charge on any atom is 0.294 e. The lowest BCUT2D eigenvalue weighted by Gasteiger charge is -2.09. The smallest absolute Gasteiger partial charge is 0.294 e. The van der Waals surface area contributed by atoms with Crippen molar-refractivity contribution in [1.29, 1.82) is 0 Å². The predicted octanol–water partition coefficient (Wildman–Crippen LogP) is 2.66. The van der Waals surface area contributed by atoms with Gasteiger partial charge in [0.1, 0.15) is 5.75 Å². The van der Waals surface area contributed by atoms with Crippen molar-refractivity contribution in [2.45, 2.75) is 18.2 Å². The molecule has 0 bridgehead atoms. The minimum absolute atomic E-state index is 0.153. The highest BCUT2D eigenvalue weighted by molar-refractivity contribution is 7.85. The number of hydrogen-bond acceptors (Lipinski definition) is 3. The second-order valence-electron chi connectivity index (χ2n) is 4.01. The SMILES string of the molecule is CCc1ccc2c(OC)cc(S(=O)(=O)O)cc2c1. The molecule has 0 atom stereocenters. The van der Waals surface area contributed by atoms with Crippen molar-refractivity contribution in [2.24, 2.45) is 0 Å². The highest BCUT2D eigenvalue weighted by Gasteiger charge is 2.14. The Morgan fingerprint density at radius 1 is 1.22 bits per heavy atom. The average molecular weight is 266 g/mol. The summed E-state index contributed by atoms with van der Waals surface area (Å²) in [6, 6.07) is 8.53. The highest BCUT2D eigenvalue weighted by atomic mass is 32.2. The van der Waals surface area contributed by atoms with Gasteiger partial charge in [0.2, 0.25) is 0 Å². The second-order valence-corrected chi connectivity index (χ2v) is 5.43. The molecule has 0 aromatic heterocycles. The van der Waals surface area contributed by atoms with Crippen molar-refractivity contribution in [3.63, 3.8) is 0 Å². The fourth-order valence-corrected chi connectivity index (χ4v) is 2.43. The molecule has 0 saturated heterocycles. The molecular weight excluding hydrogens is 252 g/mol. The Hall–Kier alpha value is -1.59. The third-order valence-electron chi connectivity index (χ3n) is 2.88. The summed E-state index contributed by atoms with van der Waals surface area (Å²) < 4.78 is 36.7. The first-order chi connectivity index (χ1) is 8.45. The number of aryl methyl sites for hydroxylation is 1. The molecule has 0 aliphatic carbocycles. The summed E-state index contributed by atoms with van der Waals surface area (Å²) in [5.41, 5.74) is 1.09. The first kappa shape index (κ1) is 12.9. The monoisotopic (exact) mass is 266 g/mol. The van der Waals surface area contributed by atoms with Crippen LogP contribution in [0.25, 0.3) is 10.8 Å². The summed E-state index contributed by atoms with van der Waals surface area (Å²) in [7, 11) is -2.76. The first-order valence-corrected chi connectivity index (χ1v) is 6.98. The minimum Gasteiger partial charge on any atom is -0.496 e. The Morgan fingerprint density at radius 2 is 1.94 bits per heavy atom. The lowest BCUT2D eigenvalue weighted by molar-refractivity contribution is 0.417. The van der Waals surface area contributed by atoms with E-state index in [4.69, 9.17) is 9.29 Å². The molecule has 2 aromatic carbocycles. The van der Waals surface area contributed by atoms with Crippen molar-refractivity contribution in [3.8, 4) is 5.75 Å². The molecule has 0 aliphatic heterocycles. The Kier molecular flexibility index (Phi) is 3.28. The van der Waals surface area contributed by atoms with Gasteiger partial charge in [-0.3, -0.25) is 4.55 Å². The minimum atomic E-state index is -4.23. The molecule has 0 unspecified atom stereocenters. The van der Waals surface area contributed by atoms with E-state index in [9.17, 15) is 8.42 Å². The van der Waals surface area contributed by atoms with Crippen LogP contribution >= 0.6 is 0 Å². The number of fused-ring (bicyclic) bond motifs is 1. The zero-order valence-electron chi connectivity index (χ0n) is 10.2. The molecular formula is C13H14O4S. The molecule has 96 valence electrons. The van der Waals surface area contributed by atoms with Crippen LogP contribution in [0, 0.1) is 0 Å². The largest absolute Gasteiger partial charge is 0.496 e. The van der Waals surface area contributed by atoms with Crippen LogP contribution in [0.1, 0.15) is 12.5 Å². The van der Waals surface area contributed by atoms with Crippen molar-refractivity contribution >= 4 is 20.9 Å². The van der Waals surface area contributed by atoms with Crippen LogP contribution < -0.4 is 4.74 Å². The Labute approximate surface area is 106 Å². The van der Waals surface area contributed by atoms with Gasteiger partial charge >= 0.3 is 0 Å². The number of hydrogen-bond donors (Lipinski definition) is 1. The molecule has 0 aliphatic rings. The van der Waals surface area contributed by atoms with Crippen LogP contribution in [0.2, 0.25) is 0 Å². The Balaban J connectivity index is 2.80. The van der Waals surface area contributed by atoms with Crippen LogP contribution in [0.3, 0.4) is 0 Å². The molecule has 0 heterocycles. The average Bonchev–Trinajstić information content (AvgIpc) is 2.35. The van der Waals surface area contributed by atoms with Crippen LogP contribution in [-0.2, 0) is 16.5 Å². The van der Waals surface area contributed by atoms with E-state index in [-0.39, 0.29) is 4.90 Å². The van der Waals surface area contributed by atoms with E-state index in [1.54, 1.807) is 0 Å². The van der Waals surface area contributed by atoms with Crippen LogP contribution in [0.5, 0.6) is 5.75 Å². The van der Waals surface area contributed by atoms with E-state index >= 15 is 0 Å². The molecule has 2 rings (SSSR count). The topological polar surface area (TPSA) is 63.6 Å². The zero-order valence-corrected chi connectivity index (χ0v) is 11.0. The van der Waals surface area contributed by atoms with E-state index in [0.29, 0.717) is 5.75 Å². The van der Waals surface area contributed by atoms with Gasteiger partial charge in [0.05, 0.1) is 12.0 Å².